The van der Waals surface area contributed by atoms with Crippen LogP contribution in [0.15, 0.2) is 65.7 Å². The Bertz CT molecular complexity index is 2370. The molecule has 1 N–H and O–H groups in total. The van der Waals surface area contributed by atoms with Crippen molar-refractivity contribution >= 4 is 33.0 Å². The molecule has 55 heavy (non-hydrogen) atoms. The molecule has 290 valence electrons. The van der Waals surface area contributed by atoms with Crippen LogP contribution in [0.3, 0.4) is 0 Å². The average molecular weight is 776 g/mol. The zero-order valence-electron chi connectivity index (χ0n) is 31.6. The van der Waals surface area contributed by atoms with Crippen LogP contribution < -0.4 is 9.46 Å². The van der Waals surface area contributed by atoms with Crippen LogP contribution in [0.4, 0.5) is 19.1 Å². The Labute approximate surface area is 318 Å². The number of benzene rings is 2. The van der Waals surface area contributed by atoms with Crippen LogP contribution in [-0.4, -0.2) is 62.6 Å². The summed E-state index contributed by atoms with van der Waals surface area (Å²) in [5.41, 5.74) is 5.50. The topological polar surface area (TPSA) is 132 Å². The highest BCUT2D eigenvalue weighted by atomic mass is 32.2. The van der Waals surface area contributed by atoms with Crippen molar-refractivity contribution in [1.29, 1.82) is 0 Å². The van der Waals surface area contributed by atoms with Crippen LogP contribution in [0.25, 0.3) is 22.4 Å². The molecule has 5 heterocycles. The smallest absolute Gasteiger partial charge is 0.389 e. The second-order valence-corrected chi connectivity index (χ2v) is 17.3. The van der Waals surface area contributed by atoms with Crippen LogP contribution in [0.1, 0.15) is 91.8 Å². The summed E-state index contributed by atoms with van der Waals surface area (Å²) in [6, 6.07) is 13.2. The minimum atomic E-state index is -4.42. The first-order valence-corrected chi connectivity index (χ1v) is 19.8. The summed E-state index contributed by atoms with van der Waals surface area (Å²) in [5.74, 6) is -1.45. The van der Waals surface area contributed by atoms with E-state index in [4.69, 9.17) is 14.7 Å². The van der Waals surface area contributed by atoms with Gasteiger partial charge in [-0.3, -0.25) is 9.78 Å². The van der Waals surface area contributed by atoms with Crippen molar-refractivity contribution in [3.05, 3.63) is 88.9 Å². The molecule has 0 aliphatic carbocycles. The predicted octanol–water partition coefficient (Wildman–Crippen LogP) is 8.23. The summed E-state index contributed by atoms with van der Waals surface area (Å²) in [7, 11) is -2.42. The highest BCUT2D eigenvalue weighted by Gasteiger charge is 2.42. The Hall–Kier alpha value is -5.05. The number of anilines is 1. The van der Waals surface area contributed by atoms with E-state index in [2.05, 4.69) is 35.5 Å². The van der Waals surface area contributed by atoms with Gasteiger partial charge in [0.15, 0.2) is 5.65 Å². The number of carbonyl (C=O) groups excluding carboxylic acids is 1. The molecule has 2 aliphatic rings. The van der Waals surface area contributed by atoms with E-state index in [9.17, 15) is 26.4 Å². The monoisotopic (exact) mass is 775 g/mol. The second-order valence-electron chi connectivity index (χ2n) is 15.6. The van der Waals surface area contributed by atoms with Gasteiger partial charge in [0.05, 0.1) is 34.6 Å². The van der Waals surface area contributed by atoms with Gasteiger partial charge in [0, 0.05) is 41.8 Å². The standard InChI is InChI=1S/C40H44F3N7O4S/c1-23-10-7-11-24(2)35(23)28-20-34-47-38(46-28)48-55(52,53)27-14-8-13-26(18-27)37(51)50-31(15-9-12-25(32(50)22-54-34)16-17-40(41,42)43)30-21-44-29-19-33(39(3,4)5)49(6)36(29)45-30/h7-8,10-11,13-14,18-21,25,31-32H,9,12,15-17,22H2,1-6H3,(H,46,47,48)/t25-,31-,32-/m0/s1. The maximum atomic E-state index is 15.0. The summed E-state index contributed by atoms with van der Waals surface area (Å²) >= 11 is 0. The Morgan fingerprint density at radius 1 is 0.964 bits per heavy atom. The normalized spacial score (nSPS) is 20.3. The SMILES string of the molecule is Cc1cccc(C)c1-c1cc2nc(n1)NS(=O)(=O)c1cccc(c1)C(=O)N1[C@H](c3cnc4cc(C(C)(C)C)n(C)c4n3)CCC[C@@H](CCC(F)(F)F)[C@@H]1CO2. The number of fused-ring (bicyclic) bond motifs is 6. The largest absolute Gasteiger partial charge is 0.475 e. The van der Waals surface area contributed by atoms with Crippen molar-refractivity contribution in [2.75, 3.05) is 11.3 Å². The lowest BCUT2D eigenvalue weighted by Gasteiger charge is -2.39. The molecule has 1 amide bonds. The summed E-state index contributed by atoms with van der Waals surface area (Å²) in [6.45, 7) is 9.85. The maximum Gasteiger partial charge on any atom is 0.389 e. The first-order chi connectivity index (χ1) is 25.9. The van der Waals surface area contributed by atoms with E-state index in [1.54, 1.807) is 17.2 Å². The molecule has 2 aromatic carbocycles. The minimum absolute atomic E-state index is 0.00110. The number of hydrogen-bond acceptors (Lipinski definition) is 8. The first kappa shape index (κ1) is 38.2. The Kier molecular flexibility index (Phi) is 9.89. The number of alkyl halides is 3. The molecule has 4 bridgehead atoms. The summed E-state index contributed by atoms with van der Waals surface area (Å²) in [6.07, 6.45) is -2.82. The van der Waals surface area contributed by atoms with Crippen molar-refractivity contribution in [2.24, 2.45) is 13.0 Å². The highest BCUT2D eigenvalue weighted by Crippen LogP contribution is 2.41. The number of ether oxygens (including phenoxy) is 1. The number of carbonyl (C=O) groups is 1. The lowest BCUT2D eigenvalue weighted by atomic mass is 9.90. The number of rotatable bonds is 4. The van der Waals surface area contributed by atoms with E-state index in [0.29, 0.717) is 41.8 Å². The van der Waals surface area contributed by atoms with Crippen molar-refractivity contribution < 1.29 is 31.1 Å². The first-order valence-electron chi connectivity index (χ1n) is 18.3. The van der Waals surface area contributed by atoms with Crippen LogP contribution in [0.2, 0.25) is 0 Å². The van der Waals surface area contributed by atoms with Gasteiger partial charge in [-0.2, -0.15) is 18.2 Å². The second kappa shape index (κ2) is 14.2. The molecule has 1 fully saturated rings. The molecule has 0 saturated carbocycles. The van der Waals surface area contributed by atoms with E-state index in [-0.39, 0.29) is 40.7 Å². The summed E-state index contributed by atoms with van der Waals surface area (Å²) in [4.78, 5) is 35.1. The van der Waals surface area contributed by atoms with Gasteiger partial charge in [-0.05, 0) is 74.4 Å². The number of hydrogen-bond donors (Lipinski definition) is 1. The van der Waals surface area contributed by atoms with E-state index in [0.717, 1.165) is 22.4 Å². The fourth-order valence-electron chi connectivity index (χ4n) is 8.01. The van der Waals surface area contributed by atoms with Gasteiger partial charge in [-0.15, -0.1) is 0 Å². The minimum Gasteiger partial charge on any atom is -0.475 e. The highest BCUT2D eigenvalue weighted by molar-refractivity contribution is 7.92. The van der Waals surface area contributed by atoms with Crippen LogP contribution in [0.5, 0.6) is 5.88 Å². The van der Waals surface area contributed by atoms with E-state index < -0.39 is 46.5 Å². The molecular weight excluding hydrogens is 732 g/mol. The van der Waals surface area contributed by atoms with Gasteiger partial charge in [0.1, 0.15) is 12.1 Å². The van der Waals surface area contributed by atoms with Crippen molar-refractivity contribution in [2.45, 2.75) is 95.3 Å². The molecule has 3 atom stereocenters. The van der Waals surface area contributed by atoms with Gasteiger partial charge in [0.2, 0.25) is 11.8 Å². The Morgan fingerprint density at radius 2 is 1.69 bits per heavy atom. The van der Waals surface area contributed by atoms with Crippen molar-refractivity contribution in [3.63, 3.8) is 0 Å². The quantitative estimate of drug-likeness (QED) is 0.193. The fraction of sp³-hybridized carbons (Fsp3) is 0.425. The van der Waals surface area contributed by atoms with Gasteiger partial charge >= 0.3 is 6.18 Å². The molecule has 1 saturated heterocycles. The zero-order valence-corrected chi connectivity index (χ0v) is 32.4. The van der Waals surface area contributed by atoms with Gasteiger partial charge in [0.25, 0.3) is 15.9 Å². The number of amides is 1. The van der Waals surface area contributed by atoms with E-state index in [1.807, 2.05) is 49.7 Å². The third kappa shape index (κ3) is 7.76. The zero-order chi connectivity index (χ0) is 39.4. The number of aryl methyl sites for hydroxylation is 3. The van der Waals surface area contributed by atoms with Gasteiger partial charge in [-0.25, -0.2) is 23.1 Å². The van der Waals surface area contributed by atoms with Crippen molar-refractivity contribution in [1.82, 2.24) is 29.4 Å². The van der Waals surface area contributed by atoms with Crippen LogP contribution in [0, 0.1) is 19.8 Å². The summed E-state index contributed by atoms with van der Waals surface area (Å²) < 4.78 is 80.1. The number of nitrogens with one attached hydrogen (secondary N) is 1. The number of nitrogens with zero attached hydrogens (tertiary/aromatic N) is 6. The fourth-order valence-corrected chi connectivity index (χ4v) is 8.99. The van der Waals surface area contributed by atoms with Gasteiger partial charge in [-0.1, -0.05) is 51.5 Å². The Morgan fingerprint density at radius 3 is 2.40 bits per heavy atom. The van der Waals surface area contributed by atoms with E-state index >= 15 is 0 Å². The predicted molar refractivity (Wildman–Crippen MR) is 202 cm³/mol. The third-order valence-corrected chi connectivity index (χ3v) is 12.0. The summed E-state index contributed by atoms with van der Waals surface area (Å²) in [5, 5.41) is 0. The van der Waals surface area contributed by atoms with E-state index in [1.165, 1.54) is 24.3 Å². The molecule has 11 nitrogen and oxygen atoms in total. The van der Waals surface area contributed by atoms with Crippen LogP contribution in [-0.2, 0) is 22.5 Å². The molecule has 7 rings (SSSR count). The molecule has 3 aromatic heterocycles. The number of sulfonamides is 1. The average Bonchev–Trinajstić information content (AvgIpc) is 3.34. The number of halogens is 3. The number of aromatic nitrogens is 5. The molecule has 0 unspecified atom stereocenters. The maximum absolute atomic E-state index is 15.0. The third-order valence-electron chi connectivity index (χ3n) is 10.6. The molecule has 0 radical (unpaired) electrons. The molecule has 0 spiro atoms. The molecular formula is C40H44F3N7O4S. The lowest BCUT2D eigenvalue weighted by Crippen LogP contribution is -2.49. The van der Waals surface area contributed by atoms with Gasteiger partial charge < -0.3 is 14.2 Å². The Balaban J connectivity index is 1.42. The molecule has 15 heteroatoms. The molecule has 5 aromatic rings. The molecule has 2 aliphatic heterocycles. The van der Waals surface area contributed by atoms with Crippen molar-refractivity contribution in [3.8, 4) is 17.1 Å². The van der Waals surface area contributed by atoms with Crippen LogP contribution >= 0.6 is 0 Å². The lowest BCUT2D eigenvalue weighted by molar-refractivity contribution is -0.139.